The summed E-state index contributed by atoms with van der Waals surface area (Å²) in [6.07, 6.45) is 1.67. The molecule has 0 saturated carbocycles. The highest BCUT2D eigenvalue weighted by molar-refractivity contribution is 7.22. The third-order valence-electron chi connectivity index (χ3n) is 3.71. The molecule has 130 valence electrons. The molecule has 0 atom stereocenters. The number of benzene rings is 2. The number of carbonyl (C=O) groups is 1. The van der Waals surface area contributed by atoms with E-state index in [1.807, 2.05) is 42.5 Å². The van der Waals surface area contributed by atoms with Gasteiger partial charge in [0.2, 0.25) is 0 Å². The fourth-order valence-corrected chi connectivity index (χ4v) is 3.62. The molecule has 6 nitrogen and oxygen atoms in total. The molecule has 2 aromatic carbocycles. The maximum absolute atomic E-state index is 12.7. The van der Waals surface area contributed by atoms with E-state index in [0.717, 1.165) is 15.9 Å². The second-order valence-electron chi connectivity index (χ2n) is 5.41. The molecule has 1 amide bonds. The van der Waals surface area contributed by atoms with Crippen LogP contribution in [-0.2, 0) is 0 Å². The van der Waals surface area contributed by atoms with E-state index in [2.05, 4.69) is 15.4 Å². The lowest BCUT2D eigenvalue weighted by Gasteiger charge is -2.00. The highest BCUT2D eigenvalue weighted by atomic mass is 35.5. The molecule has 26 heavy (non-hydrogen) atoms. The van der Waals surface area contributed by atoms with E-state index in [1.165, 1.54) is 18.4 Å². The van der Waals surface area contributed by atoms with E-state index < -0.39 is 0 Å². The standard InChI is InChI=1S/C18H13ClN4O2S/c1-25-14-10-23(12-5-3-2-4-6-12)22-16(14)17(24)21-18-20-13-8-7-11(19)9-15(13)26-18/h2-10H,1H3,(H,20,21,24). The number of hydrogen-bond donors (Lipinski definition) is 1. The number of hydrogen-bond acceptors (Lipinski definition) is 5. The van der Waals surface area contributed by atoms with Gasteiger partial charge in [-0.2, -0.15) is 5.10 Å². The van der Waals surface area contributed by atoms with Gasteiger partial charge in [-0.15, -0.1) is 0 Å². The molecular weight excluding hydrogens is 372 g/mol. The number of anilines is 1. The van der Waals surface area contributed by atoms with Crippen LogP contribution in [0.3, 0.4) is 0 Å². The third-order valence-corrected chi connectivity index (χ3v) is 4.88. The number of aromatic nitrogens is 3. The van der Waals surface area contributed by atoms with E-state index >= 15 is 0 Å². The molecule has 4 rings (SSSR count). The zero-order valence-electron chi connectivity index (χ0n) is 13.6. The van der Waals surface area contributed by atoms with Gasteiger partial charge in [0, 0.05) is 5.02 Å². The molecule has 0 aliphatic heterocycles. The minimum Gasteiger partial charge on any atom is -0.493 e. The Morgan fingerprint density at radius 2 is 2.04 bits per heavy atom. The number of amides is 1. The van der Waals surface area contributed by atoms with Crippen molar-refractivity contribution in [2.24, 2.45) is 0 Å². The average molecular weight is 385 g/mol. The number of halogens is 1. The predicted octanol–water partition coefficient (Wildman–Crippen LogP) is 4.40. The smallest absolute Gasteiger partial charge is 0.281 e. The minimum absolute atomic E-state index is 0.189. The lowest BCUT2D eigenvalue weighted by molar-refractivity contribution is 0.101. The summed E-state index contributed by atoms with van der Waals surface area (Å²) in [4.78, 5) is 17.0. The maximum Gasteiger partial charge on any atom is 0.281 e. The highest BCUT2D eigenvalue weighted by Gasteiger charge is 2.20. The lowest BCUT2D eigenvalue weighted by Crippen LogP contribution is -2.14. The van der Waals surface area contributed by atoms with E-state index in [4.69, 9.17) is 16.3 Å². The fourth-order valence-electron chi connectivity index (χ4n) is 2.49. The quantitative estimate of drug-likeness (QED) is 0.566. The van der Waals surface area contributed by atoms with Crippen molar-refractivity contribution in [2.75, 3.05) is 12.4 Å². The molecule has 0 saturated heterocycles. The predicted molar refractivity (Wildman–Crippen MR) is 103 cm³/mol. The van der Waals surface area contributed by atoms with Crippen LogP contribution in [0.5, 0.6) is 5.75 Å². The largest absolute Gasteiger partial charge is 0.493 e. The van der Waals surface area contributed by atoms with E-state index in [0.29, 0.717) is 15.9 Å². The number of thiazole rings is 1. The summed E-state index contributed by atoms with van der Waals surface area (Å²) in [5.41, 5.74) is 1.80. The summed E-state index contributed by atoms with van der Waals surface area (Å²) in [6, 6.07) is 14.9. The Balaban J connectivity index is 1.63. The molecule has 2 aromatic heterocycles. The van der Waals surface area contributed by atoms with Gasteiger partial charge in [-0.1, -0.05) is 41.1 Å². The maximum atomic E-state index is 12.7. The number of methoxy groups -OCH3 is 1. The number of rotatable bonds is 4. The Labute approximate surface area is 158 Å². The Hall–Kier alpha value is -2.90. The van der Waals surface area contributed by atoms with Crippen LogP contribution in [0, 0.1) is 0 Å². The Kier molecular flexibility index (Phi) is 4.32. The molecule has 0 spiro atoms. The summed E-state index contributed by atoms with van der Waals surface area (Å²) in [5, 5.41) is 8.23. The number of nitrogens with zero attached hydrogens (tertiary/aromatic N) is 3. The number of fused-ring (bicyclic) bond motifs is 1. The molecule has 8 heteroatoms. The Morgan fingerprint density at radius 1 is 1.23 bits per heavy atom. The first-order valence-corrected chi connectivity index (χ1v) is 8.90. The fraction of sp³-hybridized carbons (Fsp3) is 0.0556. The van der Waals surface area contributed by atoms with Crippen molar-refractivity contribution < 1.29 is 9.53 Å². The zero-order chi connectivity index (χ0) is 18.1. The minimum atomic E-state index is -0.387. The molecule has 0 fully saturated rings. The topological polar surface area (TPSA) is 69.0 Å². The molecule has 0 radical (unpaired) electrons. The van der Waals surface area contributed by atoms with Crippen molar-refractivity contribution in [1.29, 1.82) is 0 Å². The van der Waals surface area contributed by atoms with Crippen LogP contribution in [0.2, 0.25) is 5.02 Å². The van der Waals surface area contributed by atoms with Crippen molar-refractivity contribution in [3.05, 3.63) is 65.4 Å². The average Bonchev–Trinajstić information content (AvgIpc) is 3.25. The van der Waals surface area contributed by atoms with Crippen molar-refractivity contribution in [3.8, 4) is 11.4 Å². The first-order valence-electron chi connectivity index (χ1n) is 7.70. The van der Waals surface area contributed by atoms with Gasteiger partial charge in [0.25, 0.3) is 5.91 Å². The Bertz CT molecular complexity index is 1090. The molecule has 0 aliphatic rings. The second-order valence-corrected chi connectivity index (χ2v) is 6.88. The molecule has 0 unspecified atom stereocenters. The number of para-hydroxylation sites is 1. The van der Waals surface area contributed by atoms with Gasteiger partial charge in [0.1, 0.15) is 0 Å². The van der Waals surface area contributed by atoms with Crippen molar-refractivity contribution in [1.82, 2.24) is 14.8 Å². The number of nitrogens with one attached hydrogen (secondary N) is 1. The van der Waals surface area contributed by atoms with Crippen LogP contribution in [0.4, 0.5) is 5.13 Å². The third kappa shape index (κ3) is 3.14. The normalized spacial score (nSPS) is 10.8. The number of ether oxygens (including phenoxy) is 1. The molecule has 2 heterocycles. The van der Waals surface area contributed by atoms with Crippen LogP contribution in [0.15, 0.2) is 54.7 Å². The van der Waals surface area contributed by atoms with Crippen LogP contribution >= 0.6 is 22.9 Å². The van der Waals surface area contributed by atoms with Crippen molar-refractivity contribution in [2.45, 2.75) is 0 Å². The zero-order valence-corrected chi connectivity index (χ0v) is 15.2. The van der Waals surface area contributed by atoms with Crippen molar-refractivity contribution in [3.63, 3.8) is 0 Å². The summed E-state index contributed by atoms with van der Waals surface area (Å²) in [6.45, 7) is 0. The summed E-state index contributed by atoms with van der Waals surface area (Å²) in [7, 11) is 1.50. The number of carbonyl (C=O) groups excluding carboxylic acids is 1. The second kappa shape index (κ2) is 6.78. The summed E-state index contributed by atoms with van der Waals surface area (Å²) < 4.78 is 7.80. The van der Waals surface area contributed by atoms with Crippen molar-refractivity contribution >= 4 is 44.2 Å². The van der Waals surface area contributed by atoms with Gasteiger partial charge in [0.05, 0.1) is 29.2 Å². The SMILES string of the molecule is COc1cn(-c2ccccc2)nc1C(=O)Nc1nc2ccc(Cl)cc2s1. The van der Waals surface area contributed by atoms with E-state index in [1.54, 1.807) is 16.9 Å². The molecule has 4 aromatic rings. The lowest BCUT2D eigenvalue weighted by atomic mass is 10.3. The van der Waals surface area contributed by atoms with Crippen LogP contribution in [0.1, 0.15) is 10.5 Å². The molecule has 0 bridgehead atoms. The summed E-state index contributed by atoms with van der Waals surface area (Å²) >= 11 is 7.34. The Morgan fingerprint density at radius 3 is 2.81 bits per heavy atom. The van der Waals surface area contributed by atoms with Crippen LogP contribution in [-0.4, -0.2) is 27.8 Å². The molecule has 0 aliphatic carbocycles. The first kappa shape index (κ1) is 16.6. The first-order chi connectivity index (χ1) is 12.6. The van der Waals surface area contributed by atoms with Crippen LogP contribution in [0.25, 0.3) is 15.9 Å². The van der Waals surface area contributed by atoms with E-state index in [-0.39, 0.29) is 11.6 Å². The van der Waals surface area contributed by atoms with Gasteiger partial charge >= 0.3 is 0 Å². The van der Waals surface area contributed by atoms with E-state index in [9.17, 15) is 4.79 Å². The summed E-state index contributed by atoms with van der Waals surface area (Å²) in [5.74, 6) is -0.00260. The van der Waals surface area contributed by atoms with Gasteiger partial charge in [0.15, 0.2) is 16.6 Å². The molecular formula is C18H13ClN4O2S. The van der Waals surface area contributed by atoms with Gasteiger partial charge in [-0.25, -0.2) is 9.67 Å². The monoisotopic (exact) mass is 384 g/mol. The van der Waals surface area contributed by atoms with Gasteiger partial charge in [-0.05, 0) is 30.3 Å². The van der Waals surface area contributed by atoms with Crippen LogP contribution < -0.4 is 10.1 Å². The highest BCUT2D eigenvalue weighted by Crippen LogP contribution is 2.29. The van der Waals surface area contributed by atoms with Gasteiger partial charge in [-0.3, -0.25) is 10.1 Å². The molecule has 1 N–H and O–H groups in total. The van der Waals surface area contributed by atoms with Gasteiger partial charge < -0.3 is 4.74 Å².